The molecule has 146 valence electrons. The Labute approximate surface area is 184 Å². The fourth-order valence-electron chi connectivity index (χ4n) is 3.75. The molecule has 0 heterocycles. The van der Waals surface area contributed by atoms with E-state index in [4.69, 9.17) is 0 Å². The van der Waals surface area contributed by atoms with Crippen LogP contribution in [0, 0.1) is 11.8 Å². The van der Waals surface area contributed by atoms with E-state index < -0.39 is 0 Å². The number of benzene rings is 3. The number of aryl methyl sites for hydroxylation is 2. The second kappa shape index (κ2) is 9.51. The summed E-state index contributed by atoms with van der Waals surface area (Å²) in [5.74, 6) is 6.71. The number of isothiocyanates is 1. The molecule has 0 saturated heterocycles. The van der Waals surface area contributed by atoms with Crippen LogP contribution in [0.3, 0.4) is 0 Å². The molecule has 0 unspecified atom stereocenters. The fraction of sp³-hybridized carbons (Fsp3) is 0.179. The van der Waals surface area contributed by atoms with Gasteiger partial charge in [-0.25, -0.2) is 0 Å². The number of aliphatic imine (C=N–C) groups is 1. The van der Waals surface area contributed by atoms with E-state index in [2.05, 4.69) is 102 Å². The second-order valence-corrected chi connectivity index (χ2v) is 7.71. The van der Waals surface area contributed by atoms with Crippen LogP contribution < -0.4 is 0 Å². The molecular weight excluding hydrogens is 382 g/mol. The van der Waals surface area contributed by atoms with Gasteiger partial charge in [-0.1, -0.05) is 67.6 Å². The molecule has 1 aliphatic carbocycles. The molecule has 0 atom stereocenters. The lowest BCUT2D eigenvalue weighted by atomic mass is 9.89. The summed E-state index contributed by atoms with van der Waals surface area (Å²) >= 11 is 4.67. The smallest absolute Gasteiger partial charge is 0.0739 e. The van der Waals surface area contributed by atoms with E-state index in [0.717, 1.165) is 30.5 Å². The van der Waals surface area contributed by atoms with E-state index in [0.29, 0.717) is 0 Å². The summed E-state index contributed by atoms with van der Waals surface area (Å²) in [6.07, 6.45) is 6.54. The number of rotatable bonds is 4. The van der Waals surface area contributed by atoms with Gasteiger partial charge in [0.15, 0.2) is 0 Å². The number of thiocarbonyl (C=S) groups is 1. The van der Waals surface area contributed by atoms with Crippen LogP contribution in [0.2, 0.25) is 0 Å². The maximum Gasteiger partial charge on any atom is 0.0739 e. The molecule has 0 fully saturated rings. The summed E-state index contributed by atoms with van der Waals surface area (Å²) in [5, 5.41) is 2.41. The van der Waals surface area contributed by atoms with E-state index in [1.54, 1.807) is 0 Å². The van der Waals surface area contributed by atoms with Gasteiger partial charge in [0.25, 0.3) is 0 Å². The van der Waals surface area contributed by atoms with Crippen LogP contribution in [0.5, 0.6) is 0 Å². The van der Waals surface area contributed by atoms with Crippen LogP contribution in [0.4, 0.5) is 5.69 Å². The van der Waals surface area contributed by atoms with E-state index in [-0.39, 0.29) is 0 Å². The lowest BCUT2D eigenvalue weighted by Gasteiger charge is -2.15. The van der Waals surface area contributed by atoms with Gasteiger partial charge in [0, 0.05) is 11.1 Å². The highest BCUT2D eigenvalue weighted by atomic mass is 32.1. The highest BCUT2D eigenvalue weighted by molar-refractivity contribution is 7.78. The Bertz CT molecular complexity index is 1180. The number of hydrogen-bond donors (Lipinski definition) is 0. The van der Waals surface area contributed by atoms with Crippen molar-refractivity contribution in [3.05, 3.63) is 94.6 Å². The molecule has 4 rings (SSSR count). The standard InChI is InChI=1S/C28H23NS/c1-2-3-21-4-6-22(7-5-21)8-9-23-10-11-27-19-26(13-12-25(27)18-23)24-14-16-28(17-15-24)29-20-30/h4-7,12-19H,2-3,10-11H2,1H3. The van der Waals surface area contributed by atoms with Crippen molar-refractivity contribution in [1.82, 2.24) is 0 Å². The zero-order chi connectivity index (χ0) is 20.8. The lowest BCUT2D eigenvalue weighted by Crippen LogP contribution is -1.98. The molecule has 0 aliphatic heterocycles. The molecule has 0 radical (unpaired) electrons. The van der Waals surface area contributed by atoms with Gasteiger partial charge in [-0.2, -0.15) is 4.99 Å². The van der Waals surface area contributed by atoms with E-state index >= 15 is 0 Å². The largest absolute Gasteiger partial charge is 0.195 e. The van der Waals surface area contributed by atoms with Gasteiger partial charge in [0.1, 0.15) is 0 Å². The van der Waals surface area contributed by atoms with Crippen molar-refractivity contribution in [2.24, 2.45) is 4.99 Å². The van der Waals surface area contributed by atoms with Crippen molar-refractivity contribution < 1.29 is 0 Å². The zero-order valence-electron chi connectivity index (χ0n) is 17.1. The summed E-state index contributed by atoms with van der Waals surface area (Å²) in [5.41, 5.74) is 9.55. The Kier molecular flexibility index (Phi) is 6.35. The van der Waals surface area contributed by atoms with Gasteiger partial charge >= 0.3 is 0 Å². The van der Waals surface area contributed by atoms with Gasteiger partial charge in [-0.05, 0) is 89.6 Å². The van der Waals surface area contributed by atoms with Gasteiger partial charge in [-0.15, -0.1) is 0 Å². The predicted molar refractivity (Wildman–Crippen MR) is 130 cm³/mol. The highest BCUT2D eigenvalue weighted by Gasteiger charge is 2.10. The van der Waals surface area contributed by atoms with Crippen molar-refractivity contribution in [1.29, 1.82) is 0 Å². The third-order valence-electron chi connectivity index (χ3n) is 5.37. The molecule has 0 aromatic heterocycles. The number of fused-ring (bicyclic) bond motifs is 1. The predicted octanol–water partition coefficient (Wildman–Crippen LogP) is 7.42. The summed E-state index contributed by atoms with van der Waals surface area (Å²) in [7, 11) is 0. The Morgan fingerprint density at radius 1 is 0.867 bits per heavy atom. The SMILES string of the molecule is CCCc1ccc(C#CC2=Cc3ccc(-c4ccc(N=C=S)cc4)cc3CC2)cc1. The Hall–Kier alpha value is -3.24. The summed E-state index contributed by atoms with van der Waals surface area (Å²) in [4.78, 5) is 4.02. The number of nitrogens with zero attached hydrogens (tertiary/aromatic N) is 1. The van der Waals surface area contributed by atoms with Crippen molar-refractivity contribution in [3.8, 4) is 23.0 Å². The summed E-state index contributed by atoms with van der Waals surface area (Å²) in [6.45, 7) is 2.21. The normalized spacial score (nSPS) is 12.1. The molecule has 0 spiro atoms. The topological polar surface area (TPSA) is 12.4 Å². The third-order valence-corrected chi connectivity index (χ3v) is 5.46. The van der Waals surface area contributed by atoms with Gasteiger partial charge in [-0.3, -0.25) is 0 Å². The Morgan fingerprint density at radius 3 is 2.37 bits per heavy atom. The van der Waals surface area contributed by atoms with Crippen LogP contribution in [0.25, 0.3) is 17.2 Å². The monoisotopic (exact) mass is 405 g/mol. The average molecular weight is 406 g/mol. The first kappa shape index (κ1) is 20.0. The summed E-state index contributed by atoms with van der Waals surface area (Å²) < 4.78 is 0. The van der Waals surface area contributed by atoms with Gasteiger partial charge in [0.2, 0.25) is 0 Å². The summed E-state index contributed by atoms with van der Waals surface area (Å²) in [6, 6.07) is 23.4. The fourth-order valence-corrected chi connectivity index (χ4v) is 3.85. The van der Waals surface area contributed by atoms with Crippen molar-refractivity contribution in [3.63, 3.8) is 0 Å². The van der Waals surface area contributed by atoms with Crippen LogP contribution in [-0.2, 0) is 12.8 Å². The van der Waals surface area contributed by atoms with Crippen LogP contribution in [0.1, 0.15) is 42.0 Å². The van der Waals surface area contributed by atoms with Crippen molar-refractivity contribution >= 4 is 29.1 Å². The molecule has 0 saturated carbocycles. The van der Waals surface area contributed by atoms with E-state index in [1.165, 1.54) is 39.8 Å². The molecule has 30 heavy (non-hydrogen) atoms. The third kappa shape index (κ3) is 4.84. The van der Waals surface area contributed by atoms with Crippen molar-refractivity contribution in [2.45, 2.75) is 32.6 Å². The van der Waals surface area contributed by atoms with Crippen LogP contribution in [-0.4, -0.2) is 5.16 Å². The number of allylic oxidation sites excluding steroid dienone is 1. The minimum absolute atomic E-state index is 0.831. The molecule has 1 nitrogen and oxygen atoms in total. The second-order valence-electron chi connectivity index (χ2n) is 7.53. The van der Waals surface area contributed by atoms with Crippen molar-refractivity contribution in [2.75, 3.05) is 0 Å². The average Bonchev–Trinajstić information content (AvgIpc) is 2.79. The number of hydrogen-bond acceptors (Lipinski definition) is 2. The molecule has 3 aromatic rings. The quantitative estimate of drug-likeness (QED) is 0.250. The van der Waals surface area contributed by atoms with E-state index in [1.807, 2.05) is 12.1 Å². The zero-order valence-corrected chi connectivity index (χ0v) is 17.9. The van der Waals surface area contributed by atoms with Crippen LogP contribution in [0.15, 0.2) is 77.3 Å². The maximum absolute atomic E-state index is 4.67. The van der Waals surface area contributed by atoms with Gasteiger partial charge < -0.3 is 0 Å². The molecular formula is C28H23NS. The molecule has 2 heteroatoms. The minimum atomic E-state index is 0.831. The molecule has 0 bridgehead atoms. The molecule has 0 amide bonds. The Balaban J connectivity index is 1.52. The van der Waals surface area contributed by atoms with Gasteiger partial charge in [0.05, 0.1) is 10.8 Å². The van der Waals surface area contributed by atoms with Crippen LogP contribution >= 0.6 is 12.2 Å². The first-order valence-corrected chi connectivity index (χ1v) is 10.8. The first-order chi connectivity index (χ1) is 14.7. The highest BCUT2D eigenvalue weighted by Crippen LogP contribution is 2.29. The Morgan fingerprint density at radius 2 is 1.63 bits per heavy atom. The molecule has 3 aromatic carbocycles. The lowest BCUT2D eigenvalue weighted by molar-refractivity contribution is 0.922. The first-order valence-electron chi connectivity index (χ1n) is 10.4. The molecule has 1 aliphatic rings. The molecule has 0 N–H and O–H groups in total. The van der Waals surface area contributed by atoms with E-state index in [9.17, 15) is 0 Å². The maximum atomic E-state index is 4.67. The minimum Gasteiger partial charge on any atom is -0.195 e.